The van der Waals surface area contributed by atoms with Gasteiger partial charge in [0.1, 0.15) is 12.3 Å². The molecule has 2 rings (SSSR count). The van der Waals surface area contributed by atoms with Gasteiger partial charge in [0.05, 0.1) is 5.69 Å². The van der Waals surface area contributed by atoms with Crippen molar-refractivity contribution in [3.63, 3.8) is 0 Å². The Balaban J connectivity index is 2.32. The van der Waals surface area contributed by atoms with Crippen molar-refractivity contribution in [1.29, 1.82) is 0 Å². The number of para-hydroxylation sites is 1. The van der Waals surface area contributed by atoms with E-state index in [2.05, 4.69) is 0 Å². The van der Waals surface area contributed by atoms with E-state index in [-0.39, 0.29) is 6.04 Å². The van der Waals surface area contributed by atoms with Gasteiger partial charge in [-0.2, -0.15) is 0 Å². The molecular formula is C12H14N2O. The molecule has 0 bridgehead atoms. The molecule has 0 amide bonds. The number of aldehydes is 1. The first kappa shape index (κ1) is 9.93. The van der Waals surface area contributed by atoms with Crippen LogP contribution in [0.4, 0.5) is 5.69 Å². The van der Waals surface area contributed by atoms with Gasteiger partial charge in [-0.25, -0.2) is 5.01 Å². The Morgan fingerprint density at radius 3 is 2.47 bits per heavy atom. The molecule has 3 heteroatoms. The molecule has 0 saturated carbocycles. The van der Waals surface area contributed by atoms with Crippen molar-refractivity contribution in [1.82, 2.24) is 5.01 Å². The molecule has 1 atom stereocenters. The molecule has 0 aromatic heterocycles. The molecule has 0 spiro atoms. The van der Waals surface area contributed by atoms with Crippen molar-refractivity contribution >= 4 is 12.0 Å². The van der Waals surface area contributed by atoms with Crippen LogP contribution < -0.4 is 5.01 Å². The molecule has 0 radical (unpaired) electrons. The summed E-state index contributed by atoms with van der Waals surface area (Å²) in [6.07, 6.45) is 2.91. The number of anilines is 1. The molecule has 1 aliphatic rings. The highest BCUT2D eigenvalue weighted by Gasteiger charge is 2.27. The van der Waals surface area contributed by atoms with E-state index in [0.717, 1.165) is 17.7 Å². The number of hydrogen-bond donors (Lipinski definition) is 0. The highest BCUT2D eigenvalue weighted by molar-refractivity contribution is 5.66. The van der Waals surface area contributed by atoms with E-state index in [0.29, 0.717) is 0 Å². The lowest BCUT2D eigenvalue weighted by atomic mass is 10.3. The van der Waals surface area contributed by atoms with Crippen LogP contribution in [0.2, 0.25) is 0 Å². The number of carbonyl (C=O) groups is 1. The monoisotopic (exact) mass is 202 g/mol. The fourth-order valence-corrected chi connectivity index (χ4v) is 1.89. The lowest BCUT2D eigenvalue weighted by Gasteiger charge is -2.30. The Bertz CT molecular complexity index is 386. The molecule has 1 aromatic rings. The first-order valence-corrected chi connectivity index (χ1v) is 4.95. The van der Waals surface area contributed by atoms with Crippen molar-refractivity contribution < 1.29 is 4.79 Å². The van der Waals surface area contributed by atoms with Gasteiger partial charge in [0.2, 0.25) is 0 Å². The van der Waals surface area contributed by atoms with Gasteiger partial charge in [-0.3, -0.25) is 5.01 Å². The fraction of sp³-hybridized carbons (Fsp3) is 0.250. The van der Waals surface area contributed by atoms with Crippen LogP contribution in [0.25, 0.3) is 0 Å². The number of likely N-dealkylation sites (N-methyl/N-ethyl adjacent to an activating group) is 1. The van der Waals surface area contributed by atoms with Gasteiger partial charge in [0, 0.05) is 12.7 Å². The number of rotatable bonds is 2. The van der Waals surface area contributed by atoms with Crippen molar-refractivity contribution in [3.05, 3.63) is 42.1 Å². The molecule has 1 aliphatic heterocycles. The van der Waals surface area contributed by atoms with Crippen LogP contribution in [0.15, 0.2) is 42.1 Å². The molecule has 0 saturated heterocycles. The van der Waals surface area contributed by atoms with Crippen LogP contribution in [0.1, 0.15) is 6.92 Å². The maximum Gasteiger partial charge on any atom is 0.142 e. The van der Waals surface area contributed by atoms with Crippen LogP contribution in [-0.2, 0) is 4.79 Å². The van der Waals surface area contributed by atoms with Crippen LogP contribution in [0.3, 0.4) is 0 Å². The van der Waals surface area contributed by atoms with Gasteiger partial charge in [-0.05, 0) is 25.1 Å². The normalized spacial score (nSPS) is 21.6. The fourth-order valence-electron chi connectivity index (χ4n) is 1.89. The molecule has 15 heavy (non-hydrogen) atoms. The van der Waals surface area contributed by atoms with E-state index in [4.69, 9.17) is 0 Å². The molecule has 1 unspecified atom stereocenters. The van der Waals surface area contributed by atoms with E-state index in [1.807, 2.05) is 60.4 Å². The summed E-state index contributed by atoms with van der Waals surface area (Å²) in [6.45, 7) is 2.01. The summed E-state index contributed by atoms with van der Waals surface area (Å²) in [5.74, 6) is 0. The summed E-state index contributed by atoms with van der Waals surface area (Å²) in [4.78, 5) is 10.8. The smallest absolute Gasteiger partial charge is 0.142 e. The summed E-state index contributed by atoms with van der Waals surface area (Å²) in [6, 6.07) is 9.87. The Morgan fingerprint density at radius 2 is 1.93 bits per heavy atom. The minimum atomic E-state index is -0.148. The Labute approximate surface area is 89.6 Å². The SMILES string of the molecule is CC1=CC(C=O)N(C)N1c1ccccc1. The Morgan fingerprint density at radius 1 is 1.27 bits per heavy atom. The molecule has 0 N–H and O–H groups in total. The topological polar surface area (TPSA) is 23.6 Å². The average Bonchev–Trinajstić information content (AvgIpc) is 2.55. The first-order valence-electron chi connectivity index (χ1n) is 4.95. The molecule has 1 heterocycles. The Kier molecular flexibility index (Phi) is 2.56. The first-order chi connectivity index (χ1) is 7.24. The number of benzene rings is 1. The number of carbonyl (C=O) groups excluding carboxylic acids is 1. The summed E-state index contributed by atoms with van der Waals surface area (Å²) < 4.78 is 0. The minimum Gasteiger partial charge on any atom is -0.301 e. The molecular weight excluding hydrogens is 188 g/mol. The quantitative estimate of drug-likeness (QED) is 0.683. The van der Waals surface area contributed by atoms with Crippen molar-refractivity contribution in [3.8, 4) is 0 Å². The van der Waals surface area contributed by atoms with E-state index in [1.165, 1.54) is 0 Å². The lowest BCUT2D eigenvalue weighted by Crippen LogP contribution is -2.39. The Hall–Kier alpha value is -1.61. The summed E-state index contributed by atoms with van der Waals surface area (Å²) in [5.41, 5.74) is 2.17. The summed E-state index contributed by atoms with van der Waals surface area (Å²) in [7, 11) is 1.92. The highest BCUT2D eigenvalue weighted by Crippen LogP contribution is 2.26. The number of allylic oxidation sites excluding steroid dienone is 1. The molecule has 1 aromatic carbocycles. The van der Waals surface area contributed by atoms with Gasteiger partial charge in [0.15, 0.2) is 0 Å². The second kappa shape index (κ2) is 3.87. The van der Waals surface area contributed by atoms with Crippen molar-refractivity contribution in [2.24, 2.45) is 0 Å². The largest absolute Gasteiger partial charge is 0.301 e. The van der Waals surface area contributed by atoms with Crippen molar-refractivity contribution in [2.75, 3.05) is 12.1 Å². The highest BCUT2D eigenvalue weighted by atomic mass is 16.1. The van der Waals surface area contributed by atoms with Gasteiger partial charge in [-0.15, -0.1) is 0 Å². The molecule has 0 aliphatic carbocycles. The average molecular weight is 202 g/mol. The number of hydrazine groups is 1. The van der Waals surface area contributed by atoms with E-state index in [1.54, 1.807) is 0 Å². The van der Waals surface area contributed by atoms with Crippen molar-refractivity contribution in [2.45, 2.75) is 13.0 Å². The zero-order valence-electron chi connectivity index (χ0n) is 8.92. The van der Waals surface area contributed by atoms with Crippen LogP contribution >= 0.6 is 0 Å². The van der Waals surface area contributed by atoms with Crippen LogP contribution in [-0.4, -0.2) is 24.4 Å². The molecule has 78 valence electrons. The second-order valence-electron chi connectivity index (χ2n) is 3.66. The van der Waals surface area contributed by atoms with Gasteiger partial charge < -0.3 is 4.79 Å². The van der Waals surface area contributed by atoms with Gasteiger partial charge >= 0.3 is 0 Å². The third-order valence-corrected chi connectivity index (χ3v) is 2.63. The predicted octanol–water partition coefficient (Wildman–Crippen LogP) is 1.82. The van der Waals surface area contributed by atoms with E-state index >= 15 is 0 Å². The minimum absolute atomic E-state index is 0.148. The van der Waals surface area contributed by atoms with Crippen LogP contribution in [0.5, 0.6) is 0 Å². The maximum absolute atomic E-state index is 10.8. The number of hydrogen-bond acceptors (Lipinski definition) is 3. The zero-order chi connectivity index (χ0) is 10.8. The summed E-state index contributed by atoms with van der Waals surface area (Å²) in [5, 5.41) is 3.97. The summed E-state index contributed by atoms with van der Waals surface area (Å²) >= 11 is 0. The third-order valence-electron chi connectivity index (χ3n) is 2.63. The van der Waals surface area contributed by atoms with E-state index in [9.17, 15) is 4.79 Å². The second-order valence-corrected chi connectivity index (χ2v) is 3.66. The maximum atomic E-state index is 10.8. The lowest BCUT2D eigenvalue weighted by molar-refractivity contribution is -0.110. The third kappa shape index (κ3) is 1.66. The molecule has 3 nitrogen and oxygen atoms in total. The molecule has 0 fully saturated rings. The van der Waals surface area contributed by atoms with E-state index < -0.39 is 0 Å². The van der Waals surface area contributed by atoms with Gasteiger partial charge in [0.25, 0.3) is 0 Å². The van der Waals surface area contributed by atoms with Gasteiger partial charge in [-0.1, -0.05) is 18.2 Å². The standard InChI is InChI=1S/C12H14N2O/c1-10-8-12(9-15)13(2)14(10)11-6-4-3-5-7-11/h3-9,12H,1-2H3. The number of nitrogens with zero attached hydrogens (tertiary/aromatic N) is 2. The predicted molar refractivity (Wildman–Crippen MR) is 60.3 cm³/mol. The zero-order valence-corrected chi connectivity index (χ0v) is 8.92. The van der Waals surface area contributed by atoms with Crippen LogP contribution in [0, 0.1) is 0 Å².